The first kappa shape index (κ1) is 18.4. The molecule has 0 unspecified atom stereocenters. The van der Waals surface area contributed by atoms with Crippen molar-refractivity contribution in [3.8, 4) is 0 Å². The Morgan fingerprint density at radius 2 is 1.68 bits per heavy atom. The van der Waals surface area contributed by atoms with Crippen LogP contribution in [-0.4, -0.2) is 26.0 Å². The average Bonchev–Trinajstić information content (AvgIpc) is 2.34. The minimum atomic E-state index is -3.83. The van der Waals surface area contributed by atoms with Crippen LogP contribution in [-0.2, 0) is 19.6 Å². The average molecular weight is 328 g/mol. The molecule has 1 aromatic carbocycles. The molecule has 0 spiro atoms. The lowest BCUT2D eigenvalue weighted by atomic mass is 10.1. The van der Waals surface area contributed by atoms with Gasteiger partial charge in [-0.3, -0.25) is 4.79 Å². The van der Waals surface area contributed by atoms with Gasteiger partial charge in [-0.2, -0.15) is 4.72 Å². The second kappa shape index (κ2) is 6.66. The Hall–Kier alpha value is -1.60. The van der Waals surface area contributed by atoms with Crippen molar-refractivity contribution in [3.63, 3.8) is 0 Å². The lowest BCUT2D eigenvalue weighted by Gasteiger charge is -2.26. The molecule has 0 radical (unpaired) electrons. The predicted octanol–water partition coefficient (Wildman–Crippen LogP) is 1.91. The summed E-state index contributed by atoms with van der Waals surface area (Å²) in [6.45, 7) is 8.70. The third-order valence-electron chi connectivity index (χ3n) is 2.80. The summed E-state index contributed by atoms with van der Waals surface area (Å²) in [4.78, 5) is 12.2. The van der Waals surface area contributed by atoms with E-state index in [0.717, 1.165) is 0 Å². The molecule has 0 heterocycles. The van der Waals surface area contributed by atoms with E-state index in [9.17, 15) is 13.2 Å². The highest BCUT2D eigenvalue weighted by Crippen LogP contribution is 2.16. The number of nitrogens with two attached hydrogens (primary N) is 1. The fourth-order valence-corrected chi connectivity index (χ4v) is 3.04. The molecular formula is C15H24N2O4S. The Balaban J connectivity index is 3.00. The van der Waals surface area contributed by atoms with E-state index in [1.165, 1.54) is 24.3 Å². The Morgan fingerprint density at radius 3 is 2.09 bits per heavy atom. The zero-order chi connectivity index (χ0) is 17.1. The van der Waals surface area contributed by atoms with Crippen molar-refractivity contribution >= 4 is 21.7 Å². The maximum absolute atomic E-state index is 12.4. The molecule has 22 heavy (non-hydrogen) atoms. The number of carbonyl (C=O) groups excluding carboxylic acids is 1. The second-order valence-electron chi connectivity index (χ2n) is 6.45. The summed E-state index contributed by atoms with van der Waals surface area (Å²) in [6.07, 6.45) is 0. The van der Waals surface area contributed by atoms with Gasteiger partial charge in [-0.1, -0.05) is 13.8 Å². The number of sulfonamides is 1. The number of carbonyl (C=O) groups is 1. The molecule has 124 valence electrons. The monoisotopic (exact) mass is 328 g/mol. The molecule has 0 aliphatic carbocycles. The molecule has 1 aromatic rings. The number of benzene rings is 1. The number of nitrogens with one attached hydrogen (secondary N) is 1. The highest BCUT2D eigenvalue weighted by molar-refractivity contribution is 7.89. The predicted molar refractivity (Wildman–Crippen MR) is 85.6 cm³/mol. The molecule has 1 rings (SSSR count). The second-order valence-corrected chi connectivity index (χ2v) is 8.16. The first-order chi connectivity index (χ1) is 9.92. The summed E-state index contributed by atoms with van der Waals surface area (Å²) < 4.78 is 32.4. The van der Waals surface area contributed by atoms with Crippen molar-refractivity contribution in [2.75, 3.05) is 5.73 Å². The lowest BCUT2D eigenvalue weighted by Crippen LogP contribution is -2.47. The van der Waals surface area contributed by atoms with E-state index in [4.69, 9.17) is 10.5 Å². The van der Waals surface area contributed by atoms with Crippen molar-refractivity contribution in [2.24, 2.45) is 5.92 Å². The fourth-order valence-electron chi connectivity index (χ4n) is 1.70. The fraction of sp³-hybridized carbons (Fsp3) is 0.533. The van der Waals surface area contributed by atoms with Crippen molar-refractivity contribution in [2.45, 2.75) is 51.2 Å². The van der Waals surface area contributed by atoms with E-state index < -0.39 is 27.6 Å². The summed E-state index contributed by atoms with van der Waals surface area (Å²) in [6, 6.07) is 4.81. The van der Waals surface area contributed by atoms with Crippen LogP contribution in [0, 0.1) is 5.92 Å². The van der Waals surface area contributed by atoms with Gasteiger partial charge in [-0.25, -0.2) is 8.42 Å². The summed E-state index contributed by atoms with van der Waals surface area (Å²) >= 11 is 0. The zero-order valence-corrected chi connectivity index (χ0v) is 14.4. The van der Waals surface area contributed by atoms with Crippen LogP contribution >= 0.6 is 0 Å². The van der Waals surface area contributed by atoms with E-state index in [1.807, 2.05) is 0 Å². The van der Waals surface area contributed by atoms with E-state index in [-0.39, 0.29) is 10.8 Å². The summed E-state index contributed by atoms with van der Waals surface area (Å²) in [7, 11) is -3.83. The third kappa shape index (κ3) is 5.31. The van der Waals surface area contributed by atoms with E-state index in [1.54, 1.807) is 34.6 Å². The van der Waals surface area contributed by atoms with Gasteiger partial charge in [-0.15, -0.1) is 0 Å². The van der Waals surface area contributed by atoms with Crippen molar-refractivity contribution in [1.82, 2.24) is 4.72 Å². The smallest absolute Gasteiger partial charge is 0.324 e. The van der Waals surface area contributed by atoms with Gasteiger partial charge in [-0.05, 0) is 51.0 Å². The van der Waals surface area contributed by atoms with Crippen molar-refractivity contribution in [1.29, 1.82) is 0 Å². The summed E-state index contributed by atoms with van der Waals surface area (Å²) in [5.41, 5.74) is 5.33. The molecule has 0 saturated carbocycles. The molecule has 7 heteroatoms. The first-order valence-corrected chi connectivity index (χ1v) is 8.51. The van der Waals surface area contributed by atoms with Gasteiger partial charge < -0.3 is 10.5 Å². The standard InChI is InChI=1S/C15H24N2O4S/c1-10(2)13(14(18)21-15(3,4)5)17-22(19,20)12-8-6-11(16)7-9-12/h6-10,13,17H,16H2,1-5H3/t13-/m1/s1. The van der Waals surface area contributed by atoms with Gasteiger partial charge in [0.2, 0.25) is 10.0 Å². The van der Waals surface area contributed by atoms with Crippen LogP contribution in [0.25, 0.3) is 0 Å². The van der Waals surface area contributed by atoms with Gasteiger partial charge in [0.1, 0.15) is 11.6 Å². The quantitative estimate of drug-likeness (QED) is 0.635. The van der Waals surface area contributed by atoms with E-state index >= 15 is 0 Å². The molecule has 0 aliphatic rings. The number of hydrogen-bond donors (Lipinski definition) is 2. The van der Waals surface area contributed by atoms with Crippen molar-refractivity contribution < 1.29 is 17.9 Å². The first-order valence-electron chi connectivity index (χ1n) is 7.03. The molecule has 0 aromatic heterocycles. The third-order valence-corrected chi connectivity index (χ3v) is 4.26. The molecule has 0 amide bonds. The van der Waals surface area contributed by atoms with Crippen LogP contribution < -0.4 is 10.5 Å². The van der Waals surface area contributed by atoms with Crippen LogP contribution in [0.4, 0.5) is 5.69 Å². The molecule has 0 saturated heterocycles. The zero-order valence-electron chi connectivity index (χ0n) is 13.6. The number of hydrogen-bond acceptors (Lipinski definition) is 5. The Bertz CT molecular complexity index is 616. The largest absolute Gasteiger partial charge is 0.459 e. The van der Waals surface area contributed by atoms with E-state index in [2.05, 4.69) is 4.72 Å². The Kier molecular flexibility index (Phi) is 5.59. The van der Waals surface area contributed by atoms with Gasteiger partial charge in [0, 0.05) is 5.69 Å². The maximum atomic E-state index is 12.4. The minimum Gasteiger partial charge on any atom is -0.459 e. The Morgan fingerprint density at radius 1 is 1.18 bits per heavy atom. The summed E-state index contributed by atoms with van der Waals surface area (Å²) in [5.74, 6) is -0.847. The van der Waals surface area contributed by atoms with Gasteiger partial charge >= 0.3 is 5.97 Å². The van der Waals surface area contributed by atoms with Crippen molar-refractivity contribution in [3.05, 3.63) is 24.3 Å². The maximum Gasteiger partial charge on any atom is 0.324 e. The number of esters is 1. The normalized spacial score (nSPS) is 13.9. The molecule has 1 atom stereocenters. The molecule has 6 nitrogen and oxygen atoms in total. The number of nitrogen functional groups attached to an aromatic ring is 1. The molecule has 3 N–H and O–H groups in total. The highest BCUT2D eigenvalue weighted by atomic mass is 32.2. The van der Waals surface area contributed by atoms with Crippen LogP contribution in [0.15, 0.2) is 29.2 Å². The van der Waals surface area contributed by atoms with E-state index in [0.29, 0.717) is 5.69 Å². The van der Waals surface area contributed by atoms with Gasteiger partial charge in [0.15, 0.2) is 0 Å². The van der Waals surface area contributed by atoms with Crippen LogP contribution in [0.1, 0.15) is 34.6 Å². The summed E-state index contributed by atoms with van der Waals surface area (Å²) in [5, 5.41) is 0. The molecular weight excluding hydrogens is 304 g/mol. The lowest BCUT2D eigenvalue weighted by molar-refractivity contribution is -0.158. The highest BCUT2D eigenvalue weighted by Gasteiger charge is 2.32. The van der Waals surface area contributed by atoms with Crippen LogP contribution in [0.3, 0.4) is 0 Å². The number of anilines is 1. The number of ether oxygens (including phenoxy) is 1. The van der Waals surface area contributed by atoms with Gasteiger partial charge in [0.05, 0.1) is 4.90 Å². The molecule has 0 aliphatic heterocycles. The minimum absolute atomic E-state index is 0.0518. The number of rotatable bonds is 5. The molecule has 0 bridgehead atoms. The SMILES string of the molecule is CC(C)[C@@H](NS(=O)(=O)c1ccc(N)cc1)C(=O)OC(C)(C)C. The van der Waals surface area contributed by atoms with Crippen LogP contribution in [0.5, 0.6) is 0 Å². The Labute approximate surface area is 132 Å². The topological polar surface area (TPSA) is 98.5 Å². The van der Waals surface area contributed by atoms with Gasteiger partial charge in [0.25, 0.3) is 0 Å². The van der Waals surface area contributed by atoms with Crippen LogP contribution in [0.2, 0.25) is 0 Å². The molecule has 0 fully saturated rings.